The van der Waals surface area contributed by atoms with Gasteiger partial charge < -0.3 is 14.8 Å². The second-order valence-corrected chi connectivity index (χ2v) is 4.90. The lowest BCUT2D eigenvalue weighted by Gasteiger charge is -2.08. The Morgan fingerprint density at radius 3 is 2.50 bits per heavy atom. The topological polar surface area (TPSA) is 30.5 Å². The SMILES string of the molecule is COCOc1ccc(CCCNCC(C)C)cc1. The summed E-state index contributed by atoms with van der Waals surface area (Å²) in [6, 6.07) is 8.23. The van der Waals surface area contributed by atoms with E-state index in [-0.39, 0.29) is 0 Å². The third-order valence-corrected chi connectivity index (χ3v) is 2.64. The molecule has 0 fully saturated rings. The molecule has 0 aliphatic rings. The van der Waals surface area contributed by atoms with Crippen LogP contribution in [0.3, 0.4) is 0 Å². The maximum absolute atomic E-state index is 5.34. The molecule has 0 heterocycles. The fraction of sp³-hybridized carbons (Fsp3) is 0.600. The Bertz CT molecular complexity index is 309. The van der Waals surface area contributed by atoms with Crippen molar-refractivity contribution in [2.75, 3.05) is 27.0 Å². The number of methoxy groups -OCH3 is 1. The van der Waals surface area contributed by atoms with E-state index in [9.17, 15) is 0 Å². The molecule has 0 aliphatic heterocycles. The maximum Gasteiger partial charge on any atom is 0.188 e. The lowest BCUT2D eigenvalue weighted by Crippen LogP contribution is -2.21. The van der Waals surface area contributed by atoms with Crippen molar-refractivity contribution in [1.82, 2.24) is 5.32 Å². The standard InChI is InChI=1S/C15H25NO2/c1-13(2)11-16-10-4-5-14-6-8-15(9-7-14)18-12-17-3/h6-9,13,16H,4-5,10-12H2,1-3H3. The summed E-state index contributed by atoms with van der Waals surface area (Å²) < 4.78 is 10.2. The quantitative estimate of drug-likeness (QED) is 0.541. The molecule has 18 heavy (non-hydrogen) atoms. The van der Waals surface area contributed by atoms with Gasteiger partial charge in [0.15, 0.2) is 6.79 Å². The first kappa shape index (κ1) is 15.0. The summed E-state index contributed by atoms with van der Waals surface area (Å²) in [5, 5.41) is 3.45. The van der Waals surface area contributed by atoms with E-state index in [1.807, 2.05) is 12.1 Å². The van der Waals surface area contributed by atoms with Gasteiger partial charge in [-0.15, -0.1) is 0 Å². The van der Waals surface area contributed by atoms with Crippen LogP contribution in [-0.4, -0.2) is 27.0 Å². The fourth-order valence-corrected chi connectivity index (χ4v) is 1.69. The average Bonchev–Trinajstić information content (AvgIpc) is 2.37. The molecule has 0 aromatic heterocycles. The lowest BCUT2D eigenvalue weighted by atomic mass is 10.1. The summed E-state index contributed by atoms with van der Waals surface area (Å²) in [6.07, 6.45) is 2.28. The molecule has 0 unspecified atom stereocenters. The largest absolute Gasteiger partial charge is 0.468 e. The summed E-state index contributed by atoms with van der Waals surface area (Å²) >= 11 is 0. The van der Waals surface area contributed by atoms with Crippen molar-refractivity contribution >= 4 is 0 Å². The molecule has 0 atom stereocenters. The Kier molecular flexibility index (Phi) is 7.46. The molecule has 0 radical (unpaired) electrons. The Balaban J connectivity index is 2.18. The third kappa shape index (κ3) is 6.62. The minimum absolute atomic E-state index is 0.304. The van der Waals surface area contributed by atoms with Crippen LogP contribution >= 0.6 is 0 Å². The van der Waals surface area contributed by atoms with Crippen LogP contribution in [0.15, 0.2) is 24.3 Å². The number of benzene rings is 1. The van der Waals surface area contributed by atoms with Gasteiger partial charge in [0.1, 0.15) is 5.75 Å². The molecule has 0 amide bonds. The Hall–Kier alpha value is -1.06. The van der Waals surface area contributed by atoms with E-state index in [1.54, 1.807) is 7.11 Å². The van der Waals surface area contributed by atoms with Gasteiger partial charge in [-0.3, -0.25) is 0 Å². The molecule has 0 saturated heterocycles. The van der Waals surface area contributed by atoms with E-state index in [0.29, 0.717) is 6.79 Å². The molecule has 3 heteroatoms. The molecule has 1 N–H and O–H groups in total. The molecule has 1 aromatic rings. The first-order chi connectivity index (χ1) is 8.72. The normalized spacial score (nSPS) is 10.9. The van der Waals surface area contributed by atoms with E-state index in [0.717, 1.165) is 31.2 Å². The van der Waals surface area contributed by atoms with Crippen molar-refractivity contribution in [2.45, 2.75) is 26.7 Å². The molecule has 0 saturated carbocycles. The van der Waals surface area contributed by atoms with Gasteiger partial charge in [-0.05, 0) is 49.5 Å². The number of hydrogen-bond acceptors (Lipinski definition) is 3. The Morgan fingerprint density at radius 2 is 1.89 bits per heavy atom. The second-order valence-electron chi connectivity index (χ2n) is 4.90. The molecule has 0 bridgehead atoms. The van der Waals surface area contributed by atoms with Gasteiger partial charge in [-0.2, -0.15) is 0 Å². The van der Waals surface area contributed by atoms with Gasteiger partial charge in [-0.25, -0.2) is 0 Å². The highest BCUT2D eigenvalue weighted by Crippen LogP contribution is 2.13. The van der Waals surface area contributed by atoms with Crippen molar-refractivity contribution in [1.29, 1.82) is 0 Å². The van der Waals surface area contributed by atoms with E-state index in [2.05, 4.69) is 31.3 Å². The van der Waals surface area contributed by atoms with Gasteiger partial charge in [0.2, 0.25) is 0 Å². The monoisotopic (exact) mass is 251 g/mol. The summed E-state index contributed by atoms with van der Waals surface area (Å²) in [4.78, 5) is 0. The van der Waals surface area contributed by atoms with Crippen LogP contribution in [0.1, 0.15) is 25.8 Å². The number of nitrogens with one attached hydrogen (secondary N) is 1. The molecule has 102 valence electrons. The summed E-state index contributed by atoms with van der Waals surface area (Å²) in [6.45, 7) is 6.94. The van der Waals surface area contributed by atoms with Crippen LogP contribution in [0.25, 0.3) is 0 Å². The van der Waals surface area contributed by atoms with Crippen molar-refractivity contribution in [3.63, 3.8) is 0 Å². The van der Waals surface area contributed by atoms with Crippen molar-refractivity contribution in [2.24, 2.45) is 5.92 Å². The number of hydrogen-bond donors (Lipinski definition) is 1. The van der Waals surface area contributed by atoms with E-state index >= 15 is 0 Å². The molecular weight excluding hydrogens is 226 g/mol. The molecular formula is C15H25NO2. The highest BCUT2D eigenvalue weighted by molar-refractivity contribution is 5.27. The summed E-state index contributed by atoms with van der Waals surface area (Å²) in [7, 11) is 1.62. The fourth-order valence-electron chi connectivity index (χ4n) is 1.69. The van der Waals surface area contributed by atoms with E-state index in [4.69, 9.17) is 9.47 Å². The van der Waals surface area contributed by atoms with Gasteiger partial charge in [0.25, 0.3) is 0 Å². The predicted molar refractivity (Wildman–Crippen MR) is 75.0 cm³/mol. The minimum atomic E-state index is 0.304. The average molecular weight is 251 g/mol. The molecule has 1 aromatic carbocycles. The summed E-state index contributed by atoms with van der Waals surface area (Å²) in [5.74, 6) is 1.58. The van der Waals surface area contributed by atoms with Crippen LogP contribution in [-0.2, 0) is 11.2 Å². The zero-order valence-electron chi connectivity index (χ0n) is 11.7. The second kappa shape index (κ2) is 8.95. The van der Waals surface area contributed by atoms with E-state index < -0.39 is 0 Å². The van der Waals surface area contributed by atoms with Crippen molar-refractivity contribution < 1.29 is 9.47 Å². The number of rotatable bonds is 9. The van der Waals surface area contributed by atoms with Crippen molar-refractivity contribution in [3.05, 3.63) is 29.8 Å². The molecule has 0 spiro atoms. The molecule has 3 nitrogen and oxygen atoms in total. The highest BCUT2D eigenvalue weighted by Gasteiger charge is 1.97. The molecule has 1 rings (SSSR count). The molecule has 0 aliphatic carbocycles. The van der Waals surface area contributed by atoms with Crippen molar-refractivity contribution in [3.8, 4) is 5.75 Å². The van der Waals surface area contributed by atoms with Gasteiger partial charge in [0, 0.05) is 7.11 Å². The van der Waals surface area contributed by atoms with Crippen LogP contribution in [0, 0.1) is 5.92 Å². The van der Waals surface area contributed by atoms with Crippen LogP contribution in [0.5, 0.6) is 5.75 Å². The minimum Gasteiger partial charge on any atom is -0.468 e. The Morgan fingerprint density at radius 1 is 1.17 bits per heavy atom. The Labute approximate surface area is 110 Å². The van der Waals surface area contributed by atoms with Crippen LogP contribution in [0.2, 0.25) is 0 Å². The van der Waals surface area contributed by atoms with Gasteiger partial charge >= 0.3 is 0 Å². The van der Waals surface area contributed by atoms with Gasteiger partial charge in [0.05, 0.1) is 0 Å². The summed E-state index contributed by atoms with van der Waals surface area (Å²) in [5.41, 5.74) is 1.35. The smallest absolute Gasteiger partial charge is 0.188 e. The van der Waals surface area contributed by atoms with E-state index in [1.165, 1.54) is 12.0 Å². The number of ether oxygens (including phenoxy) is 2. The predicted octanol–water partition coefficient (Wildman–Crippen LogP) is 2.85. The van der Waals surface area contributed by atoms with Crippen LogP contribution in [0.4, 0.5) is 0 Å². The van der Waals surface area contributed by atoms with Gasteiger partial charge in [-0.1, -0.05) is 26.0 Å². The maximum atomic E-state index is 5.34. The van der Waals surface area contributed by atoms with Crippen LogP contribution < -0.4 is 10.1 Å². The first-order valence-corrected chi connectivity index (χ1v) is 6.63. The number of aryl methyl sites for hydroxylation is 1. The highest BCUT2D eigenvalue weighted by atomic mass is 16.7. The third-order valence-electron chi connectivity index (χ3n) is 2.64. The lowest BCUT2D eigenvalue weighted by molar-refractivity contribution is 0.0511. The first-order valence-electron chi connectivity index (χ1n) is 6.63. The zero-order valence-corrected chi connectivity index (χ0v) is 11.7. The zero-order chi connectivity index (χ0) is 13.2.